The van der Waals surface area contributed by atoms with E-state index in [4.69, 9.17) is 11.5 Å². The molecule has 4 N–H and O–H groups in total. The molecule has 3 nitrogen and oxygen atoms in total. The van der Waals surface area contributed by atoms with Crippen molar-refractivity contribution >= 4 is 17.1 Å². The molecule has 2 rings (SSSR count). The van der Waals surface area contributed by atoms with E-state index >= 15 is 0 Å². The summed E-state index contributed by atoms with van der Waals surface area (Å²) in [6.45, 7) is 4.52. The van der Waals surface area contributed by atoms with Crippen LogP contribution >= 0.6 is 0 Å². The lowest BCUT2D eigenvalue weighted by Crippen LogP contribution is -2.33. The summed E-state index contributed by atoms with van der Waals surface area (Å²) in [4.78, 5) is 2.36. The van der Waals surface area contributed by atoms with Gasteiger partial charge < -0.3 is 16.4 Å². The first-order valence-corrected chi connectivity index (χ1v) is 5.57. The zero-order valence-corrected chi connectivity index (χ0v) is 9.24. The highest BCUT2D eigenvalue weighted by Crippen LogP contribution is 2.29. The molecule has 1 heterocycles. The maximum Gasteiger partial charge on any atom is 0.0601 e. The number of piperidine rings is 1. The van der Waals surface area contributed by atoms with Gasteiger partial charge in [0.05, 0.1) is 11.4 Å². The Morgan fingerprint density at radius 3 is 2.47 bits per heavy atom. The molecule has 0 radical (unpaired) electrons. The second-order valence-electron chi connectivity index (χ2n) is 4.49. The zero-order chi connectivity index (χ0) is 10.8. The quantitative estimate of drug-likeness (QED) is 0.690. The fraction of sp³-hybridized carbons (Fsp3) is 0.500. The molecule has 15 heavy (non-hydrogen) atoms. The van der Waals surface area contributed by atoms with Crippen molar-refractivity contribution in [3.8, 4) is 0 Å². The Balaban J connectivity index is 2.15. The first kappa shape index (κ1) is 10.1. The number of benzene rings is 1. The number of rotatable bonds is 1. The molecule has 0 aromatic heterocycles. The fourth-order valence-electron chi connectivity index (χ4n) is 2.11. The molecule has 1 aliphatic heterocycles. The molecule has 0 aliphatic carbocycles. The standard InChI is InChI=1S/C12H19N3/c1-9-4-6-15(7-5-9)12-3-2-10(13)8-11(12)14/h2-3,8-9H,4-7,13-14H2,1H3. The molecule has 0 unspecified atom stereocenters. The molecule has 0 bridgehead atoms. The molecule has 1 aromatic carbocycles. The van der Waals surface area contributed by atoms with Gasteiger partial charge in [0, 0.05) is 18.8 Å². The van der Waals surface area contributed by atoms with E-state index in [1.165, 1.54) is 12.8 Å². The third kappa shape index (κ3) is 2.17. The van der Waals surface area contributed by atoms with Crippen molar-refractivity contribution in [2.45, 2.75) is 19.8 Å². The predicted octanol–water partition coefficient (Wildman–Crippen LogP) is 2.09. The number of anilines is 3. The van der Waals surface area contributed by atoms with Crippen LogP contribution in [0.1, 0.15) is 19.8 Å². The Morgan fingerprint density at radius 1 is 1.20 bits per heavy atom. The summed E-state index contributed by atoms with van der Waals surface area (Å²) in [6, 6.07) is 5.79. The highest BCUT2D eigenvalue weighted by atomic mass is 15.1. The summed E-state index contributed by atoms with van der Waals surface area (Å²) >= 11 is 0. The van der Waals surface area contributed by atoms with E-state index in [-0.39, 0.29) is 0 Å². The van der Waals surface area contributed by atoms with Crippen LogP contribution in [0.3, 0.4) is 0 Å². The summed E-state index contributed by atoms with van der Waals surface area (Å²) in [5.41, 5.74) is 14.3. The maximum atomic E-state index is 5.97. The van der Waals surface area contributed by atoms with Gasteiger partial charge in [-0.1, -0.05) is 6.92 Å². The Bertz CT molecular complexity index is 341. The molecule has 0 atom stereocenters. The lowest BCUT2D eigenvalue weighted by molar-refractivity contribution is 0.439. The van der Waals surface area contributed by atoms with E-state index in [0.29, 0.717) is 0 Å². The third-order valence-corrected chi connectivity index (χ3v) is 3.18. The van der Waals surface area contributed by atoms with Gasteiger partial charge in [0.25, 0.3) is 0 Å². The minimum Gasteiger partial charge on any atom is -0.399 e. The second kappa shape index (κ2) is 4.01. The lowest BCUT2D eigenvalue weighted by Gasteiger charge is -2.32. The third-order valence-electron chi connectivity index (χ3n) is 3.18. The van der Waals surface area contributed by atoms with Gasteiger partial charge in [-0.2, -0.15) is 0 Å². The molecule has 0 amide bonds. The largest absolute Gasteiger partial charge is 0.399 e. The van der Waals surface area contributed by atoms with Crippen molar-refractivity contribution in [3.63, 3.8) is 0 Å². The van der Waals surface area contributed by atoms with Crippen LogP contribution in [0.15, 0.2) is 18.2 Å². The fourth-order valence-corrected chi connectivity index (χ4v) is 2.11. The Kier molecular flexibility index (Phi) is 2.71. The zero-order valence-electron chi connectivity index (χ0n) is 9.24. The predicted molar refractivity (Wildman–Crippen MR) is 65.9 cm³/mol. The molecule has 1 fully saturated rings. The summed E-state index contributed by atoms with van der Waals surface area (Å²) in [5, 5.41) is 0. The molecular weight excluding hydrogens is 186 g/mol. The van der Waals surface area contributed by atoms with Crippen LogP contribution in [0, 0.1) is 5.92 Å². The summed E-state index contributed by atoms with van der Waals surface area (Å²) in [6.07, 6.45) is 2.51. The summed E-state index contributed by atoms with van der Waals surface area (Å²) < 4.78 is 0. The average molecular weight is 205 g/mol. The first-order valence-electron chi connectivity index (χ1n) is 5.57. The average Bonchev–Trinajstić information content (AvgIpc) is 2.20. The van der Waals surface area contributed by atoms with E-state index in [0.717, 1.165) is 36.1 Å². The maximum absolute atomic E-state index is 5.97. The van der Waals surface area contributed by atoms with Crippen LogP contribution in [-0.2, 0) is 0 Å². The Labute approximate surface area is 91.1 Å². The van der Waals surface area contributed by atoms with Crippen molar-refractivity contribution in [2.24, 2.45) is 5.92 Å². The number of nitrogens with two attached hydrogens (primary N) is 2. The van der Waals surface area contributed by atoms with Crippen molar-refractivity contribution in [1.82, 2.24) is 0 Å². The highest BCUT2D eigenvalue weighted by molar-refractivity contribution is 5.71. The van der Waals surface area contributed by atoms with Crippen molar-refractivity contribution < 1.29 is 0 Å². The van der Waals surface area contributed by atoms with E-state index in [1.807, 2.05) is 18.2 Å². The minimum absolute atomic E-state index is 0.738. The van der Waals surface area contributed by atoms with Crippen LogP contribution in [0.4, 0.5) is 17.1 Å². The van der Waals surface area contributed by atoms with E-state index in [1.54, 1.807) is 0 Å². The van der Waals surface area contributed by atoms with Gasteiger partial charge >= 0.3 is 0 Å². The first-order chi connectivity index (χ1) is 7.16. The molecule has 3 heteroatoms. The van der Waals surface area contributed by atoms with Gasteiger partial charge in [0.1, 0.15) is 0 Å². The van der Waals surface area contributed by atoms with Gasteiger partial charge in [0.2, 0.25) is 0 Å². The number of nitrogen functional groups attached to an aromatic ring is 2. The summed E-state index contributed by atoms with van der Waals surface area (Å²) in [7, 11) is 0. The SMILES string of the molecule is CC1CCN(c2ccc(N)cc2N)CC1. The molecule has 82 valence electrons. The number of hydrogen-bond donors (Lipinski definition) is 2. The van der Waals surface area contributed by atoms with Crippen LogP contribution < -0.4 is 16.4 Å². The van der Waals surface area contributed by atoms with Crippen molar-refractivity contribution in [3.05, 3.63) is 18.2 Å². The van der Waals surface area contributed by atoms with Gasteiger partial charge in [-0.05, 0) is 37.0 Å². The van der Waals surface area contributed by atoms with Gasteiger partial charge in [0.15, 0.2) is 0 Å². The van der Waals surface area contributed by atoms with Crippen LogP contribution in [-0.4, -0.2) is 13.1 Å². The number of nitrogens with zero attached hydrogens (tertiary/aromatic N) is 1. The van der Waals surface area contributed by atoms with Gasteiger partial charge in [-0.3, -0.25) is 0 Å². The van der Waals surface area contributed by atoms with E-state index in [2.05, 4.69) is 11.8 Å². The molecule has 0 saturated carbocycles. The van der Waals surface area contributed by atoms with Crippen LogP contribution in [0.5, 0.6) is 0 Å². The topological polar surface area (TPSA) is 55.3 Å². The normalized spacial score (nSPS) is 18.1. The Morgan fingerprint density at radius 2 is 1.87 bits per heavy atom. The second-order valence-corrected chi connectivity index (χ2v) is 4.49. The molecular formula is C12H19N3. The van der Waals surface area contributed by atoms with Crippen molar-refractivity contribution in [2.75, 3.05) is 29.5 Å². The van der Waals surface area contributed by atoms with Crippen molar-refractivity contribution in [1.29, 1.82) is 0 Å². The molecule has 1 saturated heterocycles. The molecule has 1 aromatic rings. The van der Waals surface area contributed by atoms with E-state index in [9.17, 15) is 0 Å². The van der Waals surface area contributed by atoms with Crippen LogP contribution in [0.2, 0.25) is 0 Å². The molecule has 0 spiro atoms. The Hall–Kier alpha value is -1.38. The lowest BCUT2D eigenvalue weighted by atomic mass is 9.98. The van der Waals surface area contributed by atoms with Gasteiger partial charge in [-0.15, -0.1) is 0 Å². The minimum atomic E-state index is 0.738. The highest BCUT2D eigenvalue weighted by Gasteiger charge is 2.17. The smallest absolute Gasteiger partial charge is 0.0601 e. The van der Waals surface area contributed by atoms with E-state index < -0.39 is 0 Å². The monoisotopic (exact) mass is 205 g/mol. The summed E-state index contributed by atoms with van der Waals surface area (Å²) in [5.74, 6) is 0.844. The van der Waals surface area contributed by atoms with Crippen LogP contribution in [0.25, 0.3) is 0 Å². The molecule has 1 aliphatic rings. The number of hydrogen-bond acceptors (Lipinski definition) is 3. The van der Waals surface area contributed by atoms with Gasteiger partial charge in [-0.25, -0.2) is 0 Å².